The van der Waals surface area contributed by atoms with Gasteiger partial charge in [-0.15, -0.1) is 0 Å². The lowest BCUT2D eigenvalue weighted by molar-refractivity contribution is -0.116. The Kier molecular flexibility index (Phi) is 5.26. The van der Waals surface area contributed by atoms with Gasteiger partial charge in [0.25, 0.3) is 0 Å². The number of hydrogen-bond acceptors (Lipinski definition) is 2. The fourth-order valence-electron chi connectivity index (χ4n) is 2.59. The number of unbranched alkanes of at least 4 members (excludes halogenated alkanes) is 1. The lowest BCUT2D eigenvalue weighted by Gasteiger charge is -2.52. The molecule has 3 atom stereocenters. The summed E-state index contributed by atoms with van der Waals surface area (Å²) in [6.45, 7) is 12.1. The van der Waals surface area contributed by atoms with Gasteiger partial charge < -0.3 is 10.1 Å². The van der Waals surface area contributed by atoms with E-state index in [1.54, 1.807) is 0 Å². The van der Waals surface area contributed by atoms with E-state index >= 15 is 0 Å². The highest BCUT2D eigenvalue weighted by molar-refractivity contribution is 5.03. The van der Waals surface area contributed by atoms with Gasteiger partial charge in [0.15, 0.2) is 0 Å². The van der Waals surface area contributed by atoms with Crippen LogP contribution in [0.15, 0.2) is 0 Å². The molecule has 2 heteroatoms. The lowest BCUT2D eigenvalue weighted by atomic mass is 9.64. The van der Waals surface area contributed by atoms with E-state index in [-0.39, 0.29) is 0 Å². The third-order valence-corrected chi connectivity index (χ3v) is 4.02. The zero-order chi connectivity index (χ0) is 12.2. The van der Waals surface area contributed by atoms with Gasteiger partial charge in [0.2, 0.25) is 0 Å². The first-order valence-electron chi connectivity index (χ1n) is 6.90. The largest absolute Gasteiger partial charge is 0.378 e. The van der Waals surface area contributed by atoms with Crippen LogP contribution in [0.25, 0.3) is 0 Å². The maximum Gasteiger partial charge on any atom is 0.0655 e. The zero-order valence-corrected chi connectivity index (χ0v) is 11.7. The average molecular weight is 227 g/mol. The number of ether oxygens (including phenoxy) is 1. The smallest absolute Gasteiger partial charge is 0.0655 e. The third-order valence-electron chi connectivity index (χ3n) is 4.02. The SMILES string of the molecule is CCCCC(C)NC1CC(OCC)C1(C)C. The second-order valence-electron chi connectivity index (χ2n) is 5.76. The third kappa shape index (κ3) is 3.21. The molecule has 0 amide bonds. The molecule has 1 aliphatic rings. The number of rotatable bonds is 7. The molecule has 16 heavy (non-hydrogen) atoms. The number of hydrogen-bond donors (Lipinski definition) is 1. The van der Waals surface area contributed by atoms with Crippen LogP contribution in [0, 0.1) is 5.41 Å². The summed E-state index contributed by atoms with van der Waals surface area (Å²) in [7, 11) is 0. The van der Waals surface area contributed by atoms with Crippen molar-refractivity contribution in [1.82, 2.24) is 5.32 Å². The highest BCUT2D eigenvalue weighted by atomic mass is 16.5. The molecule has 0 aromatic heterocycles. The van der Waals surface area contributed by atoms with Crippen molar-refractivity contribution >= 4 is 0 Å². The van der Waals surface area contributed by atoms with E-state index < -0.39 is 0 Å². The number of nitrogens with one attached hydrogen (secondary N) is 1. The van der Waals surface area contributed by atoms with Crippen molar-refractivity contribution in [2.24, 2.45) is 5.41 Å². The summed E-state index contributed by atoms with van der Waals surface area (Å²) in [6, 6.07) is 1.28. The van der Waals surface area contributed by atoms with Crippen molar-refractivity contribution in [2.45, 2.75) is 78.5 Å². The van der Waals surface area contributed by atoms with Crippen LogP contribution in [-0.2, 0) is 4.74 Å². The highest BCUT2D eigenvalue weighted by Crippen LogP contribution is 2.43. The van der Waals surface area contributed by atoms with Gasteiger partial charge in [-0.05, 0) is 26.7 Å². The molecule has 1 saturated carbocycles. The van der Waals surface area contributed by atoms with Gasteiger partial charge in [0.05, 0.1) is 6.10 Å². The molecule has 1 aliphatic carbocycles. The van der Waals surface area contributed by atoms with Crippen LogP contribution in [0.2, 0.25) is 0 Å². The van der Waals surface area contributed by atoms with Crippen LogP contribution in [0.3, 0.4) is 0 Å². The van der Waals surface area contributed by atoms with Crippen molar-refractivity contribution in [2.75, 3.05) is 6.61 Å². The lowest BCUT2D eigenvalue weighted by Crippen LogP contribution is -2.62. The van der Waals surface area contributed by atoms with Crippen LogP contribution < -0.4 is 5.32 Å². The zero-order valence-electron chi connectivity index (χ0n) is 11.7. The monoisotopic (exact) mass is 227 g/mol. The first kappa shape index (κ1) is 14.0. The van der Waals surface area contributed by atoms with E-state index in [1.807, 2.05) is 0 Å². The molecule has 3 unspecified atom stereocenters. The summed E-state index contributed by atoms with van der Waals surface area (Å²) < 4.78 is 5.75. The van der Waals surface area contributed by atoms with E-state index in [2.05, 4.69) is 39.9 Å². The Hall–Kier alpha value is -0.0800. The highest BCUT2D eigenvalue weighted by Gasteiger charge is 2.48. The fraction of sp³-hybridized carbons (Fsp3) is 1.00. The molecule has 0 aliphatic heterocycles. The molecule has 0 saturated heterocycles. The Morgan fingerprint density at radius 1 is 1.38 bits per heavy atom. The summed E-state index contributed by atoms with van der Waals surface area (Å²) >= 11 is 0. The Morgan fingerprint density at radius 3 is 2.56 bits per heavy atom. The van der Waals surface area contributed by atoms with Gasteiger partial charge in [-0.2, -0.15) is 0 Å². The fourth-order valence-corrected chi connectivity index (χ4v) is 2.59. The Bertz CT molecular complexity index is 203. The van der Waals surface area contributed by atoms with Crippen molar-refractivity contribution < 1.29 is 4.74 Å². The minimum atomic E-state index is 0.302. The first-order chi connectivity index (χ1) is 7.52. The van der Waals surface area contributed by atoms with E-state index in [0.29, 0.717) is 23.6 Å². The van der Waals surface area contributed by atoms with Gasteiger partial charge >= 0.3 is 0 Å². The van der Waals surface area contributed by atoms with Crippen LogP contribution in [0.4, 0.5) is 0 Å². The molecule has 0 bridgehead atoms. The molecule has 1 rings (SSSR count). The quantitative estimate of drug-likeness (QED) is 0.720. The molecule has 0 radical (unpaired) electrons. The van der Waals surface area contributed by atoms with Gasteiger partial charge in [-0.1, -0.05) is 33.6 Å². The second kappa shape index (κ2) is 6.02. The minimum absolute atomic E-state index is 0.302. The van der Waals surface area contributed by atoms with E-state index in [1.165, 1.54) is 25.7 Å². The minimum Gasteiger partial charge on any atom is -0.378 e. The van der Waals surface area contributed by atoms with E-state index in [4.69, 9.17) is 4.74 Å². The molecule has 96 valence electrons. The molecule has 0 aromatic rings. The summed E-state index contributed by atoms with van der Waals surface area (Å²) in [5.41, 5.74) is 0.302. The van der Waals surface area contributed by atoms with E-state index in [9.17, 15) is 0 Å². The molecule has 0 heterocycles. The predicted octanol–water partition coefficient (Wildman–Crippen LogP) is 3.36. The summed E-state index contributed by atoms with van der Waals surface area (Å²) in [5, 5.41) is 3.75. The van der Waals surface area contributed by atoms with Crippen LogP contribution in [0.1, 0.15) is 60.3 Å². The Labute approximate surface area is 101 Å². The van der Waals surface area contributed by atoms with Crippen LogP contribution in [-0.4, -0.2) is 24.8 Å². The van der Waals surface area contributed by atoms with Crippen LogP contribution >= 0.6 is 0 Å². The summed E-state index contributed by atoms with van der Waals surface area (Å²) in [6.07, 6.45) is 5.55. The molecule has 0 spiro atoms. The maximum atomic E-state index is 5.75. The van der Waals surface area contributed by atoms with Gasteiger partial charge in [0.1, 0.15) is 0 Å². The van der Waals surface area contributed by atoms with Crippen molar-refractivity contribution in [3.8, 4) is 0 Å². The molecular formula is C14H29NO. The summed E-state index contributed by atoms with van der Waals surface area (Å²) in [5.74, 6) is 0. The van der Waals surface area contributed by atoms with Crippen LogP contribution in [0.5, 0.6) is 0 Å². The topological polar surface area (TPSA) is 21.3 Å². The van der Waals surface area contributed by atoms with Crippen molar-refractivity contribution in [3.05, 3.63) is 0 Å². The normalized spacial score (nSPS) is 29.8. The van der Waals surface area contributed by atoms with Gasteiger partial charge in [-0.25, -0.2) is 0 Å². The molecule has 1 N–H and O–H groups in total. The average Bonchev–Trinajstić information content (AvgIpc) is 2.25. The van der Waals surface area contributed by atoms with Gasteiger partial charge in [0, 0.05) is 24.1 Å². The Morgan fingerprint density at radius 2 is 2.06 bits per heavy atom. The van der Waals surface area contributed by atoms with Crippen molar-refractivity contribution in [1.29, 1.82) is 0 Å². The van der Waals surface area contributed by atoms with Crippen molar-refractivity contribution in [3.63, 3.8) is 0 Å². The van der Waals surface area contributed by atoms with E-state index in [0.717, 1.165) is 6.61 Å². The second-order valence-corrected chi connectivity index (χ2v) is 5.76. The molecule has 2 nitrogen and oxygen atoms in total. The Balaban J connectivity index is 2.29. The standard InChI is InChI=1S/C14H29NO/c1-6-8-9-11(3)15-12-10-13(16-7-2)14(12,4)5/h11-13,15H,6-10H2,1-5H3. The summed E-state index contributed by atoms with van der Waals surface area (Å²) in [4.78, 5) is 0. The first-order valence-corrected chi connectivity index (χ1v) is 6.90. The molecule has 1 fully saturated rings. The predicted molar refractivity (Wildman–Crippen MR) is 69.7 cm³/mol. The molecule has 0 aromatic carbocycles. The maximum absolute atomic E-state index is 5.75. The van der Waals surface area contributed by atoms with Gasteiger partial charge in [-0.3, -0.25) is 0 Å². The molecular weight excluding hydrogens is 198 g/mol.